The van der Waals surface area contributed by atoms with Crippen LogP contribution in [-0.4, -0.2) is 28.8 Å². The Kier molecular flexibility index (Phi) is 9.82. The van der Waals surface area contributed by atoms with E-state index >= 15 is 0 Å². The van der Waals surface area contributed by atoms with E-state index in [1.807, 2.05) is 24.3 Å². The minimum absolute atomic E-state index is 0. The number of nitrogens with zero attached hydrogens (tertiary/aromatic N) is 5. The Balaban J connectivity index is 0.00000469. The molecular formula is C58H44N5OPt-. The molecule has 0 bridgehead atoms. The molecule has 0 aliphatic heterocycles. The van der Waals surface area contributed by atoms with E-state index in [1.54, 1.807) is 6.07 Å². The second-order valence-electron chi connectivity index (χ2n) is 17.4. The number of aromatic nitrogens is 5. The SMILES string of the molecule is CC(C)c1cccc(C(C)C)c1-n1c(-c2[c-]c3c4c5c6nc(-c7c(O)ccc8ccccc78)ccc6n(-c6ccccc6)c5ccc4n(-c4ccccc4)c3cc2)nc2ccccc21.[Pt]. The van der Waals surface area contributed by atoms with Crippen LogP contribution in [0, 0.1) is 6.07 Å². The van der Waals surface area contributed by atoms with E-state index in [1.165, 1.54) is 16.8 Å². The Bertz CT molecular complexity index is 3780. The molecule has 8 aromatic carbocycles. The fraction of sp³-hybridized carbons (Fsp3) is 0.103. The van der Waals surface area contributed by atoms with Crippen LogP contribution in [0.2, 0.25) is 0 Å². The summed E-state index contributed by atoms with van der Waals surface area (Å²) >= 11 is 0. The molecule has 0 amide bonds. The maximum atomic E-state index is 11.5. The van der Waals surface area contributed by atoms with Crippen molar-refractivity contribution in [1.82, 2.24) is 23.7 Å². The number of para-hydroxylation sites is 5. The van der Waals surface area contributed by atoms with Crippen LogP contribution in [0.5, 0.6) is 5.75 Å². The van der Waals surface area contributed by atoms with E-state index in [2.05, 4.69) is 193 Å². The third-order valence-electron chi connectivity index (χ3n) is 13.0. The molecule has 1 N–H and O–H groups in total. The van der Waals surface area contributed by atoms with Crippen molar-refractivity contribution in [2.75, 3.05) is 0 Å². The van der Waals surface area contributed by atoms with Crippen molar-refractivity contribution in [3.63, 3.8) is 0 Å². The number of benzene rings is 8. The molecule has 6 nitrogen and oxygen atoms in total. The van der Waals surface area contributed by atoms with Gasteiger partial charge in [-0.2, -0.15) is 0 Å². The molecule has 0 fully saturated rings. The first-order valence-electron chi connectivity index (χ1n) is 22.1. The molecule has 4 heterocycles. The van der Waals surface area contributed by atoms with Crippen LogP contribution >= 0.6 is 0 Å². The van der Waals surface area contributed by atoms with Gasteiger partial charge < -0.3 is 18.8 Å². The number of hydrogen-bond acceptors (Lipinski definition) is 3. The number of rotatable bonds is 7. The van der Waals surface area contributed by atoms with Gasteiger partial charge in [0.05, 0.1) is 33.6 Å². The summed E-state index contributed by atoms with van der Waals surface area (Å²) in [6, 6.07) is 65.4. The third kappa shape index (κ3) is 6.26. The van der Waals surface area contributed by atoms with E-state index in [0.717, 1.165) is 93.9 Å². The van der Waals surface area contributed by atoms with Gasteiger partial charge in [0.15, 0.2) is 0 Å². The van der Waals surface area contributed by atoms with Crippen molar-refractivity contribution in [2.24, 2.45) is 0 Å². The van der Waals surface area contributed by atoms with E-state index in [0.29, 0.717) is 17.5 Å². The molecule has 12 rings (SSSR count). The summed E-state index contributed by atoms with van der Waals surface area (Å²) in [4.78, 5) is 11.0. The summed E-state index contributed by atoms with van der Waals surface area (Å²) in [5.41, 5.74) is 15.1. The molecule has 0 saturated heterocycles. The quantitative estimate of drug-likeness (QED) is 0.162. The standard InChI is InChI=1S/C58H44N5O.Pt/c1-35(2)41-22-15-23-42(36(3)4)57(41)63-48-25-14-13-24-45(48)60-58(63)38-26-29-47-44(34-38)54-49(61(47)39-17-7-5-8-18-39)31-32-50-55(54)56-51(62(50)40-19-9-6-10-20-40)30-28-46(59-56)53-43-21-12-11-16-37(43)27-33-52(53)64;/h5-33,35-36,64H,1-4H3;/q-1;. The van der Waals surface area contributed by atoms with Crippen molar-refractivity contribution < 1.29 is 26.2 Å². The van der Waals surface area contributed by atoms with Gasteiger partial charge in [-0.3, -0.25) is 4.98 Å². The summed E-state index contributed by atoms with van der Waals surface area (Å²) in [5.74, 6) is 1.64. The van der Waals surface area contributed by atoms with E-state index < -0.39 is 0 Å². The number of imidazole rings is 1. The van der Waals surface area contributed by atoms with Crippen molar-refractivity contribution in [2.45, 2.75) is 39.5 Å². The molecule has 65 heavy (non-hydrogen) atoms. The van der Waals surface area contributed by atoms with Gasteiger partial charge in [-0.1, -0.05) is 136 Å². The molecule has 0 saturated carbocycles. The van der Waals surface area contributed by atoms with Crippen molar-refractivity contribution in [3.8, 4) is 45.5 Å². The minimum atomic E-state index is 0. The van der Waals surface area contributed by atoms with Crippen LogP contribution in [0.4, 0.5) is 0 Å². The molecule has 0 radical (unpaired) electrons. The number of aromatic hydroxyl groups is 1. The zero-order valence-electron chi connectivity index (χ0n) is 36.4. The summed E-state index contributed by atoms with van der Waals surface area (Å²) in [6.07, 6.45) is 0. The topological polar surface area (TPSA) is 60.8 Å². The van der Waals surface area contributed by atoms with Gasteiger partial charge in [-0.15, -0.1) is 18.2 Å². The van der Waals surface area contributed by atoms with Crippen molar-refractivity contribution in [1.29, 1.82) is 0 Å². The van der Waals surface area contributed by atoms with Crippen LogP contribution in [0.25, 0.3) is 105 Å². The smallest absolute Gasteiger partial charge is 0.125 e. The van der Waals surface area contributed by atoms with Gasteiger partial charge in [0.2, 0.25) is 0 Å². The molecule has 0 unspecified atom stereocenters. The van der Waals surface area contributed by atoms with Gasteiger partial charge in [-0.05, 0) is 111 Å². The number of phenolic OH excluding ortho intramolecular Hbond substituents is 1. The Morgan fingerprint density at radius 3 is 1.80 bits per heavy atom. The van der Waals surface area contributed by atoms with Gasteiger partial charge >= 0.3 is 0 Å². The molecule has 0 atom stereocenters. The first-order valence-corrected chi connectivity index (χ1v) is 22.1. The number of pyridine rings is 1. The monoisotopic (exact) mass is 1020 g/mol. The number of fused-ring (bicyclic) bond motifs is 9. The second kappa shape index (κ2) is 15.8. The molecule has 318 valence electrons. The molecule has 0 spiro atoms. The second-order valence-corrected chi connectivity index (χ2v) is 17.4. The summed E-state index contributed by atoms with van der Waals surface area (Å²) in [6.45, 7) is 9.10. The number of phenols is 1. The molecular weight excluding hydrogens is 978 g/mol. The average molecular weight is 1020 g/mol. The maximum Gasteiger partial charge on any atom is 0.125 e. The molecule has 7 heteroatoms. The fourth-order valence-corrected chi connectivity index (χ4v) is 10.1. The molecule has 4 aromatic heterocycles. The Labute approximate surface area is 391 Å². The molecule has 0 aliphatic carbocycles. The van der Waals surface area contributed by atoms with Crippen molar-refractivity contribution >= 4 is 65.5 Å². The summed E-state index contributed by atoms with van der Waals surface area (Å²) < 4.78 is 7.05. The zero-order valence-corrected chi connectivity index (χ0v) is 38.7. The summed E-state index contributed by atoms with van der Waals surface area (Å²) in [7, 11) is 0. The van der Waals surface area contributed by atoms with Crippen LogP contribution in [0.3, 0.4) is 0 Å². The predicted octanol–water partition coefficient (Wildman–Crippen LogP) is 14.9. The van der Waals surface area contributed by atoms with Gasteiger partial charge in [0.1, 0.15) is 5.75 Å². The Morgan fingerprint density at radius 2 is 1.09 bits per heavy atom. The normalized spacial score (nSPS) is 11.9. The van der Waals surface area contributed by atoms with Crippen molar-refractivity contribution in [3.05, 3.63) is 193 Å². The van der Waals surface area contributed by atoms with E-state index in [4.69, 9.17) is 9.97 Å². The average Bonchev–Trinajstić information content (AvgIpc) is 3.99. The largest absolute Gasteiger partial charge is 0.507 e. The van der Waals surface area contributed by atoms with Gasteiger partial charge in [0, 0.05) is 60.1 Å². The first-order chi connectivity index (χ1) is 31.4. The summed E-state index contributed by atoms with van der Waals surface area (Å²) in [5, 5.41) is 16.6. The van der Waals surface area contributed by atoms with Gasteiger partial charge in [-0.25, -0.2) is 4.98 Å². The molecule has 0 aliphatic rings. The fourth-order valence-electron chi connectivity index (χ4n) is 10.1. The van der Waals surface area contributed by atoms with Crippen LogP contribution in [0.1, 0.15) is 50.7 Å². The van der Waals surface area contributed by atoms with Crippen LogP contribution in [0.15, 0.2) is 176 Å². The van der Waals surface area contributed by atoms with Crippen LogP contribution < -0.4 is 0 Å². The molecule has 12 aromatic rings. The van der Waals surface area contributed by atoms with Gasteiger partial charge in [0.25, 0.3) is 0 Å². The van der Waals surface area contributed by atoms with Crippen LogP contribution in [-0.2, 0) is 21.1 Å². The predicted molar refractivity (Wildman–Crippen MR) is 265 cm³/mol. The Morgan fingerprint density at radius 1 is 0.492 bits per heavy atom. The van der Waals surface area contributed by atoms with E-state index in [-0.39, 0.29) is 26.8 Å². The minimum Gasteiger partial charge on any atom is -0.507 e. The maximum absolute atomic E-state index is 11.5. The zero-order chi connectivity index (χ0) is 43.2. The third-order valence-corrected chi connectivity index (χ3v) is 13.0. The first kappa shape index (κ1) is 40.5. The Hall–Kier alpha value is -7.27. The van der Waals surface area contributed by atoms with E-state index in [9.17, 15) is 5.11 Å². The number of hydrogen-bond donors (Lipinski definition) is 1.